The molecule has 2 aliphatic rings. The SMILES string of the molecule is CC(C(=O)N1CCC2(CC1)NC(=O)c1ccccc1N2)n1nnc2ccccc21. The van der Waals surface area contributed by atoms with E-state index < -0.39 is 11.7 Å². The lowest BCUT2D eigenvalue weighted by Gasteiger charge is -2.46. The highest BCUT2D eigenvalue weighted by atomic mass is 16.2. The summed E-state index contributed by atoms with van der Waals surface area (Å²) in [5.74, 6) is -0.0559. The van der Waals surface area contributed by atoms with Crippen molar-refractivity contribution in [1.82, 2.24) is 25.2 Å². The van der Waals surface area contributed by atoms with Crippen LogP contribution in [0.2, 0.25) is 0 Å². The van der Waals surface area contributed by atoms with Crippen molar-refractivity contribution in [2.24, 2.45) is 0 Å². The molecule has 0 saturated carbocycles. The molecule has 2 N–H and O–H groups in total. The van der Waals surface area contributed by atoms with Crippen molar-refractivity contribution in [3.8, 4) is 0 Å². The quantitative estimate of drug-likeness (QED) is 0.700. The molecule has 1 atom stereocenters. The van der Waals surface area contributed by atoms with E-state index in [4.69, 9.17) is 0 Å². The summed E-state index contributed by atoms with van der Waals surface area (Å²) in [7, 11) is 0. The van der Waals surface area contributed by atoms with Crippen LogP contribution in [0.1, 0.15) is 36.2 Å². The van der Waals surface area contributed by atoms with Crippen molar-refractivity contribution in [1.29, 1.82) is 0 Å². The minimum atomic E-state index is -0.509. The van der Waals surface area contributed by atoms with Gasteiger partial charge in [-0.1, -0.05) is 29.5 Å². The van der Waals surface area contributed by atoms with Gasteiger partial charge in [0, 0.05) is 31.6 Å². The molecule has 5 rings (SSSR count). The van der Waals surface area contributed by atoms with Crippen LogP contribution in [0.25, 0.3) is 11.0 Å². The molecule has 2 aromatic carbocycles. The fraction of sp³-hybridized carbons (Fsp3) is 0.333. The fourth-order valence-corrected chi connectivity index (χ4v) is 4.26. The molecule has 0 radical (unpaired) electrons. The van der Waals surface area contributed by atoms with Crippen LogP contribution < -0.4 is 10.6 Å². The van der Waals surface area contributed by atoms with Crippen LogP contribution in [0, 0.1) is 0 Å². The van der Waals surface area contributed by atoms with Gasteiger partial charge in [0.15, 0.2) is 0 Å². The van der Waals surface area contributed by atoms with Crippen LogP contribution in [-0.4, -0.2) is 50.5 Å². The van der Waals surface area contributed by atoms with Crippen molar-refractivity contribution >= 4 is 28.5 Å². The van der Waals surface area contributed by atoms with Gasteiger partial charge in [0.2, 0.25) is 5.91 Å². The van der Waals surface area contributed by atoms with Crippen LogP contribution in [0.4, 0.5) is 5.69 Å². The topological polar surface area (TPSA) is 92.2 Å². The third-order valence-electron chi connectivity index (χ3n) is 5.93. The minimum Gasteiger partial charge on any atom is -0.362 e. The summed E-state index contributed by atoms with van der Waals surface area (Å²) >= 11 is 0. The Bertz CT molecular complexity index is 1100. The molecule has 2 aliphatic heterocycles. The Kier molecular flexibility index (Phi) is 4.01. The number of carbonyl (C=O) groups is 2. The lowest BCUT2D eigenvalue weighted by atomic mass is 9.92. The second kappa shape index (κ2) is 6.58. The van der Waals surface area contributed by atoms with Gasteiger partial charge in [0.25, 0.3) is 5.91 Å². The lowest BCUT2D eigenvalue weighted by molar-refractivity contribution is -0.136. The Morgan fingerprint density at radius 1 is 1.07 bits per heavy atom. The molecule has 8 nitrogen and oxygen atoms in total. The first-order valence-corrected chi connectivity index (χ1v) is 9.85. The molecule has 1 aromatic heterocycles. The Hall–Kier alpha value is -3.42. The molecule has 1 spiro atoms. The number of amides is 2. The summed E-state index contributed by atoms with van der Waals surface area (Å²) in [4.78, 5) is 27.5. The third kappa shape index (κ3) is 2.91. The van der Waals surface area contributed by atoms with Crippen molar-refractivity contribution in [2.75, 3.05) is 18.4 Å². The fourth-order valence-electron chi connectivity index (χ4n) is 4.26. The standard InChI is InChI=1S/C21H22N6O2/c1-14(27-18-9-5-4-8-17(18)24-25-27)20(29)26-12-10-21(11-13-26)22-16-7-3-2-6-15(16)19(28)23-21/h2-9,14,22H,10-13H2,1H3,(H,23,28). The molecule has 8 heteroatoms. The van der Waals surface area contributed by atoms with Crippen LogP contribution in [-0.2, 0) is 4.79 Å². The first-order valence-electron chi connectivity index (χ1n) is 9.85. The molecule has 3 heterocycles. The Morgan fingerprint density at radius 2 is 1.79 bits per heavy atom. The van der Waals surface area contributed by atoms with Crippen LogP contribution in [0.3, 0.4) is 0 Å². The van der Waals surface area contributed by atoms with Gasteiger partial charge in [-0.25, -0.2) is 4.68 Å². The number of rotatable bonds is 2. The molecule has 148 valence electrons. The summed E-state index contributed by atoms with van der Waals surface area (Å²) < 4.78 is 1.68. The lowest BCUT2D eigenvalue weighted by Crippen LogP contribution is -2.63. The normalized spacial score (nSPS) is 18.8. The van der Waals surface area contributed by atoms with E-state index in [0.29, 0.717) is 31.5 Å². The first-order chi connectivity index (χ1) is 14.1. The largest absolute Gasteiger partial charge is 0.362 e. The molecule has 1 saturated heterocycles. The number of nitrogens with zero attached hydrogens (tertiary/aromatic N) is 4. The van der Waals surface area contributed by atoms with Gasteiger partial charge in [0.05, 0.1) is 11.1 Å². The Morgan fingerprint density at radius 3 is 2.62 bits per heavy atom. The van der Waals surface area contributed by atoms with Gasteiger partial charge in [-0.15, -0.1) is 5.10 Å². The molecular formula is C21H22N6O2. The smallest absolute Gasteiger partial charge is 0.255 e. The number of para-hydroxylation sites is 2. The third-order valence-corrected chi connectivity index (χ3v) is 5.93. The number of likely N-dealkylation sites (tertiary alicyclic amines) is 1. The highest BCUT2D eigenvalue weighted by Gasteiger charge is 2.41. The zero-order valence-electron chi connectivity index (χ0n) is 16.1. The number of hydrogen-bond donors (Lipinski definition) is 2. The second-order valence-electron chi connectivity index (χ2n) is 7.73. The zero-order valence-corrected chi connectivity index (χ0v) is 16.1. The molecule has 3 aromatic rings. The van der Waals surface area contributed by atoms with Crippen molar-refractivity contribution in [3.05, 3.63) is 54.1 Å². The monoisotopic (exact) mass is 390 g/mol. The van der Waals surface area contributed by atoms with E-state index in [1.165, 1.54) is 0 Å². The molecule has 1 unspecified atom stereocenters. The predicted octanol–water partition coefficient (Wildman–Crippen LogP) is 2.17. The van der Waals surface area contributed by atoms with Crippen molar-refractivity contribution < 1.29 is 9.59 Å². The molecule has 29 heavy (non-hydrogen) atoms. The second-order valence-corrected chi connectivity index (χ2v) is 7.73. The van der Waals surface area contributed by atoms with E-state index in [1.54, 1.807) is 4.68 Å². The Labute approximate surface area is 167 Å². The summed E-state index contributed by atoms with van der Waals surface area (Å²) in [6.45, 7) is 2.97. The van der Waals surface area contributed by atoms with E-state index in [0.717, 1.165) is 16.7 Å². The summed E-state index contributed by atoms with van der Waals surface area (Å²) in [5.41, 5.74) is 2.62. The maximum atomic E-state index is 13.1. The van der Waals surface area contributed by atoms with Crippen LogP contribution in [0.5, 0.6) is 0 Å². The summed E-state index contributed by atoms with van der Waals surface area (Å²) in [5, 5.41) is 14.9. The first kappa shape index (κ1) is 17.7. The van der Waals surface area contributed by atoms with Gasteiger partial charge in [-0.2, -0.15) is 0 Å². The van der Waals surface area contributed by atoms with Crippen molar-refractivity contribution in [2.45, 2.75) is 31.5 Å². The molecular weight excluding hydrogens is 368 g/mol. The molecule has 2 amide bonds. The number of nitrogens with one attached hydrogen (secondary N) is 2. The number of benzene rings is 2. The maximum Gasteiger partial charge on any atom is 0.255 e. The summed E-state index contributed by atoms with van der Waals surface area (Å²) in [6.07, 6.45) is 1.28. The minimum absolute atomic E-state index is 0.0121. The highest BCUT2D eigenvalue weighted by Crippen LogP contribution is 2.32. The maximum absolute atomic E-state index is 13.1. The van der Waals surface area contributed by atoms with Crippen molar-refractivity contribution in [3.63, 3.8) is 0 Å². The number of piperidine rings is 1. The van der Waals surface area contributed by atoms with Gasteiger partial charge in [0.1, 0.15) is 17.2 Å². The molecule has 1 fully saturated rings. The predicted molar refractivity (Wildman–Crippen MR) is 108 cm³/mol. The average Bonchev–Trinajstić information content (AvgIpc) is 3.17. The number of carbonyl (C=O) groups excluding carboxylic acids is 2. The van der Waals surface area contributed by atoms with Gasteiger partial charge < -0.3 is 15.5 Å². The Balaban J connectivity index is 1.31. The van der Waals surface area contributed by atoms with E-state index >= 15 is 0 Å². The number of fused-ring (bicyclic) bond motifs is 2. The number of aromatic nitrogens is 3. The van der Waals surface area contributed by atoms with Gasteiger partial charge >= 0.3 is 0 Å². The van der Waals surface area contributed by atoms with Gasteiger partial charge in [-0.3, -0.25) is 9.59 Å². The van der Waals surface area contributed by atoms with E-state index in [2.05, 4.69) is 20.9 Å². The molecule has 0 bridgehead atoms. The van der Waals surface area contributed by atoms with Crippen LogP contribution in [0.15, 0.2) is 48.5 Å². The van der Waals surface area contributed by atoms with E-state index in [1.807, 2.05) is 60.4 Å². The number of hydrogen-bond acceptors (Lipinski definition) is 5. The molecule has 0 aliphatic carbocycles. The number of anilines is 1. The van der Waals surface area contributed by atoms with E-state index in [-0.39, 0.29) is 11.8 Å². The average molecular weight is 390 g/mol. The van der Waals surface area contributed by atoms with Gasteiger partial charge in [-0.05, 0) is 31.2 Å². The van der Waals surface area contributed by atoms with E-state index in [9.17, 15) is 9.59 Å². The summed E-state index contributed by atoms with van der Waals surface area (Å²) in [6, 6.07) is 14.7. The highest BCUT2D eigenvalue weighted by molar-refractivity contribution is 6.02. The van der Waals surface area contributed by atoms with Crippen LogP contribution >= 0.6 is 0 Å². The zero-order chi connectivity index (χ0) is 20.0.